The Morgan fingerprint density at radius 3 is 2.74 bits per heavy atom. The lowest BCUT2D eigenvalue weighted by atomic mass is 10.1. The van der Waals surface area contributed by atoms with Crippen LogP contribution in [0.3, 0.4) is 0 Å². The number of halogens is 1. The van der Waals surface area contributed by atoms with Gasteiger partial charge in [-0.1, -0.05) is 41.9 Å². The fourth-order valence-electron chi connectivity index (χ4n) is 3.97. The summed E-state index contributed by atoms with van der Waals surface area (Å²) >= 11 is 6.44. The lowest BCUT2D eigenvalue weighted by Crippen LogP contribution is -2.26. The Balaban J connectivity index is 1.44. The van der Waals surface area contributed by atoms with Gasteiger partial charge in [0.25, 0.3) is 5.91 Å². The Kier molecular flexibility index (Phi) is 8.31. The van der Waals surface area contributed by atoms with Crippen LogP contribution in [0.1, 0.15) is 27.0 Å². The van der Waals surface area contributed by atoms with Crippen LogP contribution in [0, 0.1) is 11.3 Å². The average molecular weight is 530 g/mol. The van der Waals surface area contributed by atoms with E-state index in [1.807, 2.05) is 36.5 Å². The van der Waals surface area contributed by atoms with Gasteiger partial charge >= 0.3 is 5.97 Å². The number of carboxylic acids is 1. The molecule has 4 aromatic rings. The van der Waals surface area contributed by atoms with E-state index in [9.17, 15) is 20.0 Å². The predicted octanol–water partition coefficient (Wildman–Crippen LogP) is 5.37. The molecule has 0 spiro atoms. The van der Waals surface area contributed by atoms with Crippen LogP contribution in [0.5, 0.6) is 11.5 Å². The Morgan fingerprint density at radius 1 is 1.16 bits per heavy atom. The minimum Gasteiger partial charge on any atom is -0.493 e. The van der Waals surface area contributed by atoms with Gasteiger partial charge in [0, 0.05) is 23.6 Å². The average Bonchev–Trinajstić information content (AvgIpc) is 3.33. The van der Waals surface area contributed by atoms with Gasteiger partial charge < -0.3 is 24.9 Å². The number of para-hydroxylation sites is 1. The SMILES string of the molecule is COc1cc(/C=C(/C#N)C(=O)NCCc2c[nH]c3ccccc23)cc(Cl)c1OCc1cccc(C(=O)O)c1. The summed E-state index contributed by atoms with van der Waals surface area (Å²) in [6.07, 6.45) is 3.95. The lowest BCUT2D eigenvalue weighted by molar-refractivity contribution is -0.117. The van der Waals surface area contributed by atoms with Crippen LogP contribution in [-0.4, -0.2) is 35.6 Å². The number of rotatable bonds is 10. The number of nitrogens with one attached hydrogen (secondary N) is 2. The van der Waals surface area contributed by atoms with E-state index in [0.29, 0.717) is 29.8 Å². The summed E-state index contributed by atoms with van der Waals surface area (Å²) in [6, 6.07) is 19.4. The van der Waals surface area contributed by atoms with Crippen molar-refractivity contribution in [3.8, 4) is 17.6 Å². The number of hydrogen-bond acceptors (Lipinski definition) is 5. The maximum atomic E-state index is 12.7. The molecule has 1 heterocycles. The van der Waals surface area contributed by atoms with Gasteiger partial charge in [-0.3, -0.25) is 4.79 Å². The minimum absolute atomic E-state index is 0.0642. The van der Waals surface area contributed by atoms with Crippen LogP contribution < -0.4 is 14.8 Å². The zero-order chi connectivity index (χ0) is 27.1. The number of nitriles is 1. The van der Waals surface area contributed by atoms with Gasteiger partial charge in [0.05, 0.1) is 17.7 Å². The van der Waals surface area contributed by atoms with Crippen LogP contribution in [0.25, 0.3) is 17.0 Å². The van der Waals surface area contributed by atoms with E-state index < -0.39 is 11.9 Å². The van der Waals surface area contributed by atoms with E-state index in [1.165, 1.54) is 25.3 Å². The molecule has 38 heavy (non-hydrogen) atoms. The van der Waals surface area contributed by atoms with E-state index in [-0.39, 0.29) is 28.5 Å². The summed E-state index contributed by atoms with van der Waals surface area (Å²) in [6.45, 7) is 0.425. The molecule has 1 aromatic heterocycles. The number of benzene rings is 3. The number of amides is 1. The summed E-state index contributed by atoms with van der Waals surface area (Å²) in [5, 5.41) is 22.9. The van der Waals surface area contributed by atoms with Gasteiger partial charge in [0.2, 0.25) is 0 Å². The van der Waals surface area contributed by atoms with E-state index in [2.05, 4.69) is 10.3 Å². The Hall–Kier alpha value is -4.74. The Morgan fingerprint density at radius 2 is 1.97 bits per heavy atom. The molecule has 0 unspecified atom stereocenters. The molecule has 3 aromatic carbocycles. The maximum Gasteiger partial charge on any atom is 0.335 e. The van der Waals surface area contributed by atoms with Crippen LogP contribution in [-0.2, 0) is 17.8 Å². The molecular formula is C29H24ClN3O5. The van der Waals surface area contributed by atoms with Crippen molar-refractivity contribution in [2.45, 2.75) is 13.0 Å². The van der Waals surface area contributed by atoms with Crippen molar-refractivity contribution in [3.05, 3.63) is 99.7 Å². The van der Waals surface area contributed by atoms with Gasteiger partial charge in [-0.05, 0) is 59.5 Å². The molecule has 0 bridgehead atoms. The third kappa shape index (κ3) is 6.14. The zero-order valence-electron chi connectivity index (χ0n) is 20.5. The van der Waals surface area contributed by atoms with E-state index >= 15 is 0 Å². The fourth-order valence-corrected chi connectivity index (χ4v) is 4.25. The molecule has 3 N–H and O–H groups in total. The molecule has 8 nitrogen and oxygen atoms in total. The first-order valence-corrected chi connectivity index (χ1v) is 12.0. The summed E-state index contributed by atoms with van der Waals surface area (Å²) in [7, 11) is 1.44. The molecule has 192 valence electrons. The van der Waals surface area contributed by atoms with Crippen LogP contribution in [0.4, 0.5) is 0 Å². The number of carbonyl (C=O) groups is 2. The maximum absolute atomic E-state index is 12.7. The number of aromatic nitrogens is 1. The molecule has 0 atom stereocenters. The molecule has 1 amide bonds. The normalized spacial score (nSPS) is 11.1. The second kappa shape index (κ2) is 12.0. The standard InChI is InChI=1S/C29H24ClN3O5/c1-37-26-14-19(13-24(30)27(26)38-17-18-5-4-6-20(11-18)29(35)36)12-22(15-31)28(34)32-10-9-21-16-33-25-8-3-2-7-23(21)25/h2-8,11-14,16,33H,9-10,17H2,1H3,(H,32,34)(H,35,36)/b22-12-. The van der Waals surface area contributed by atoms with Crippen molar-refractivity contribution < 1.29 is 24.2 Å². The number of carboxylic acid groups (broad SMARTS) is 1. The summed E-state index contributed by atoms with van der Waals surface area (Å²) < 4.78 is 11.2. The van der Waals surface area contributed by atoms with Gasteiger partial charge in [-0.25, -0.2) is 4.79 Å². The van der Waals surface area contributed by atoms with Crippen molar-refractivity contribution in [2.24, 2.45) is 0 Å². The van der Waals surface area contributed by atoms with Crippen molar-refractivity contribution in [1.82, 2.24) is 10.3 Å². The summed E-state index contributed by atoms with van der Waals surface area (Å²) in [4.78, 5) is 27.1. The topological polar surface area (TPSA) is 124 Å². The molecule has 0 radical (unpaired) electrons. The predicted molar refractivity (Wildman–Crippen MR) is 144 cm³/mol. The van der Waals surface area contributed by atoms with E-state index in [1.54, 1.807) is 24.3 Å². The van der Waals surface area contributed by atoms with Gasteiger partial charge in [0.15, 0.2) is 11.5 Å². The van der Waals surface area contributed by atoms with Crippen molar-refractivity contribution >= 4 is 40.5 Å². The van der Waals surface area contributed by atoms with Crippen LogP contribution in [0.15, 0.2) is 72.4 Å². The molecule has 0 aliphatic heterocycles. The fraction of sp³-hybridized carbons (Fsp3) is 0.138. The minimum atomic E-state index is -1.03. The quantitative estimate of drug-likeness (QED) is 0.187. The number of carbonyl (C=O) groups excluding carboxylic acids is 1. The number of methoxy groups -OCH3 is 1. The number of aromatic amines is 1. The van der Waals surface area contributed by atoms with E-state index in [4.69, 9.17) is 21.1 Å². The van der Waals surface area contributed by atoms with Crippen LogP contribution >= 0.6 is 11.6 Å². The molecule has 0 aliphatic rings. The third-order valence-electron chi connectivity index (χ3n) is 5.84. The second-order valence-electron chi connectivity index (χ2n) is 8.36. The molecule has 9 heteroatoms. The van der Waals surface area contributed by atoms with Crippen LogP contribution in [0.2, 0.25) is 5.02 Å². The van der Waals surface area contributed by atoms with Gasteiger partial charge in [0.1, 0.15) is 18.2 Å². The Labute approximate surface area is 224 Å². The smallest absolute Gasteiger partial charge is 0.335 e. The molecule has 4 rings (SSSR count). The molecule has 0 saturated carbocycles. The first kappa shape index (κ1) is 26.3. The number of fused-ring (bicyclic) bond motifs is 1. The summed E-state index contributed by atoms with van der Waals surface area (Å²) in [5.41, 5.74) is 3.29. The number of ether oxygens (including phenoxy) is 2. The highest BCUT2D eigenvalue weighted by molar-refractivity contribution is 6.32. The van der Waals surface area contributed by atoms with Gasteiger partial charge in [-0.15, -0.1) is 0 Å². The highest BCUT2D eigenvalue weighted by Gasteiger charge is 2.15. The number of hydrogen-bond donors (Lipinski definition) is 3. The number of H-pyrrole nitrogens is 1. The zero-order valence-corrected chi connectivity index (χ0v) is 21.2. The van der Waals surface area contributed by atoms with Gasteiger partial charge in [-0.2, -0.15) is 5.26 Å². The third-order valence-corrected chi connectivity index (χ3v) is 6.12. The van der Waals surface area contributed by atoms with E-state index in [0.717, 1.165) is 16.5 Å². The number of aromatic carboxylic acids is 1. The molecule has 0 saturated heterocycles. The first-order valence-electron chi connectivity index (χ1n) is 11.7. The number of nitrogens with zero attached hydrogens (tertiary/aromatic N) is 1. The lowest BCUT2D eigenvalue weighted by Gasteiger charge is -2.14. The first-order chi connectivity index (χ1) is 18.4. The second-order valence-corrected chi connectivity index (χ2v) is 8.77. The van der Waals surface area contributed by atoms with Crippen molar-refractivity contribution in [2.75, 3.05) is 13.7 Å². The Bertz CT molecular complexity index is 1570. The largest absolute Gasteiger partial charge is 0.493 e. The molecule has 0 fully saturated rings. The molecule has 0 aliphatic carbocycles. The summed E-state index contributed by atoms with van der Waals surface area (Å²) in [5.74, 6) is -0.973. The van der Waals surface area contributed by atoms with Crippen molar-refractivity contribution in [1.29, 1.82) is 5.26 Å². The highest BCUT2D eigenvalue weighted by Crippen LogP contribution is 2.37. The highest BCUT2D eigenvalue weighted by atomic mass is 35.5. The molecular weight excluding hydrogens is 506 g/mol. The van der Waals surface area contributed by atoms with Crippen molar-refractivity contribution in [3.63, 3.8) is 0 Å². The monoisotopic (exact) mass is 529 g/mol.